The third kappa shape index (κ3) is 5.72. The number of rotatable bonds is 5. The Balaban J connectivity index is 2.39. The number of alkyl halides is 5. The van der Waals surface area contributed by atoms with Crippen LogP contribution in [-0.2, 0) is 19.0 Å². The maximum absolute atomic E-state index is 11.9. The van der Waals surface area contributed by atoms with E-state index < -0.39 is 42.4 Å². The van der Waals surface area contributed by atoms with Crippen LogP contribution in [-0.4, -0.2) is 48.5 Å². The van der Waals surface area contributed by atoms with Gasteiger partial charge in [-0.1, -0.05) is 0 Å². The van der Waals surface area contributed by atoms with Gasteiger partial charge >= 0.3 is 12.1 Å². The normalized spacial score (nSPS) is 29.3. The Hall–Kier alpha value is -0.240. The molecule has 0 saturated carbocycles. The number of hydrogen-bond donors (Lipinski definition) is 0. The lowest BCUT2D eigenvalue weighted by Gasteiger charge is -2.23. The fraction of sp³-hybridized carbons (Fsp3) is 0.900. The largest absolute Gasteiger partial charge is 0.460 e. The van der Waals surface area contributed by atoms with Gasteiger partial charge in [-0.25, -0.2) is 0 Å². The summed E-state index contributed by atoms with van der Waals surface area (Å²) < 4.78 is 50.9. The van der Waals surface area contributed by atoms with E-state index in [1.165, 1.54) is 6.92 Å². The van der Waals surface area contributed by atoms with Crippen LogP contribution in [0.3, 0.4) is 0 Å². The van der Waals surface area contributed by atoms with Crippen molar-refractivity contribution in [2.75, 3.05) is 19.1 Å². The third-order valence-corrected chi connectivity index (χ3v) is 3.27. The highest BCUT2D eigenvalue weighted by Crippen LogP contribution is 2.28. The second-order valence-electron chi connectivity index (χ2n) is 4.22. The molecule has 1 aliphatic heterocycles. The van der Waals surface area contributed by atoms with Gasteiger partial charge in [0.1, 0.15) is 19.1 Å². The number of carbonyl (C=O) groups is 1. The number of halogens is 5. The van der Waals surface area contributed by atoms with E-state index in [-0.39, 0.29) is 12.5 Å². The minimum atomic E-state index is -4.60. The van der Waals surface area contributed by atoms with Gasteiger partial charge in [0, 0.05) is 5.88 Å². The van der Waals surface area contributed by atoms with Gasteiger partial charge in [-0.05, 0) is 6.92 Å². The summed E-state index contributed by atoms with van der Waals surface area (Å²) >= 11 is 11.4. The number of hydrogen-bond acceptors (Lipinski definition) is 4. The molecule has 0 amide bonds. The highest BCUT2D eigenvalue weighted by molar-refractivity contribution is 6.28. The van der Waals surface area contributed by atoms with Crippen LogP contribution in [0.2, 0.25) is 0 Å². The fourth-order valence-electron chi connectivity index (χ4n) is 1.43. The van der Waals surface area contributed by atoms with E-state index in [0.717, 1.165) is 0 Å². The lowest BCUT2D eigenvalue weighted by atomic mass is 10.3. The molecule has 0 bridgehead atoms. The standard InChI is InChI=1S/C10H13Cl2F3O4/c1-9(5-17-8(16)2-10(13,14)15)18-4-7(19-9)6(12)3-11/h6-7H,2-5H2,1H3. The molecule has 4 nitrogen and oxygen atoms in total. The maximum atomic E-state index is 11.9. The van der Waals surface area contributed by atoms with E-state index >= 15 is 0 Å². The highest BCUT2D eigenvalue weighted by Gasteiger charge is 2.42. The second kappa shape index (κ2) is 6.47. The van der Waals surface area contributed by atoms with Gasteiger partial charge in [0.25, 0.3) is 0 Å². The summed E-state index contributed by atoms with van der Waals surface area (Å²) in [6.45, 7) is 1.14. The Morgan fingerprint density at radius 2 is 2.21 bits per heavy atom. The van der Waals surface area contributed by atoms with Crippen molar-refractivity contribution in [2.45, 2.75) is 36.8 Å². The second-order valence-corrected chi connectivity index (χ2v) is 5.09. The molecule has 0 aliphatic carbocycles. The van der Waals surface area contributed by atoms with Crippen LogP contribution in [0.1, 0.15) is 13.3 Å². The van der Waals surface area contributed by atoms with Gasteiger partial charge < -0.3 is 14.2 Å². The zero-order valence-electron chi connectivity index (χ0n) is 10.0. The molecule has 1 aliphatic rings. The third-order valence-electron chi connectivity index (χ3n) is 2.34. The molecule has 112 valence electrons. The average Bonchev–Trinajstić information content (AvgIpc) is 2.67. The SMILES string of the molecule is CC1(COC(=O)CC(F)(F)F)OCC(C(Cl)CCl)O1. The van der Waals surface area contributed by atoms with Crippen molar-refractivity contribution < 1.29 is 32.2 Å². The van der Waals surface area contributed by atoms with Crippen LogP contribution in [0.4, 0.5) is 13.2 Å². The Morgan fingerprint density at radius 3 is 2.74 bits per heavy atom. The molecule has 0 radical (unpaired) electrons. The number of carbonyl (C=O) groups excluding carboxylic acids is 1. The summed E-state index contributed by atoms with van der Waals surface area (Å²) in [6.07, 6.45) is -6.74. The van der Waals surface area contributed by atoms with Crippen LogP contribution in [0.25, 0.3) is 0 Å². The van der Waals surface area contributed by atoms with Crippen LogP contribution >= 0.6 is 23.2 Å². The van der Waals surface area contributed by atoms with E-state index in [1.807, 2.05) is 0 Å². The van der Waals surface area contributed by atoms with Crippen LogP contribution in [0.15, 0.2) is 0 Å². The summed E-state index contributed by atoms with van der Waals surface area (Å²) in [5, 5.41) is -0.491. The molecule has 0 N–H and O–H groups in total. The molecule has 1 heterocycles. The van der Waals surface area contributed by atoms with Gasteiger partial charge in [-0.3, -0.25) is 4.79 Å². The molecule has 0 aromatic rings. The quantitative estimate of drug-likeness (QED) is 0.575. The molecular formula is C10H13Cl2F3O4. The van der Waals surface area contributed by atoms with Gasteiger partial charge in [-0.2, -0.15) is 13.2 Å². The van der Waals surface area contributed by atoms with Crippen LogP contribution in [0, 0.1) is 0 Å². The summed E-state index contributed by atoms with van der Waals surface area (Å²) in [5.41, 5.74) is 0. The lowest BCUT2D eigenvalue weighted by Crippen LogP contribution is -2.36. The van der Waals surface area contributed by atoms with Crippen molar-refractivity contribution in [1.29, 1.82) is 0 Å². The topological polar surface area (TPSA) is 44.8 Å². The lowest BCUT2D eigenvalue weighted by molar-refractivity contribution is -0.204. The van der Waals surface area contributed by atoms with Gasteiger partial charge in [0.05, 0.1) is 12.0 Å². The summed E-state index contributed by atoms with van der Waals surface area (Å²) in [6, 6.07) is 0. The van der Waals surface area contributed by atoms with Crippen molar-refractivity contribution in [3.05, 3.63) is 0 Å². The molecule has 1 rings (SSSR count). The predicted molar refractivity (Wildman–Crippen MR) is 61.2 cm³/mol. The Kier molecular flexibility index (Phi) is 5.73. The van der Waals surface area contributed by atoms with E-state index in [0.29, 0.717) is 0 Å². The first-order chi connectivity index (χ1) is 8.65. The predicted octanol–water partition coefficient (Wildman–Crippen LogP) is 2.46. The van der Waals surface area contributed by atoms with Crippen molar-refractivity contribution >= 4 is 29.2 Å². The smallest absolute Gasteiger partial charge is 0.399 e. The van der Waals surface area contributed by atoms with E-state index in [4.69, 9.17) is 32.7 Å². The first-order valence-electron chi connectivity index (χ1n) is 5.39. The highest BCUT2D eigenvalue weighted by atomic mass is 35.5. The number of ether oxygens (including phenoxy) is 3. The van der Waals surface area contributed by atoms with Crippen LogP contribution in [0.5, 0.6) is 0 Å². The molecule has 0 aromatic carbocycles. The van der Waals surface area contributed by atoms with Crippen molar-refractivity contribution in [3.8, 4) is 0 Å². The first-order valence-corrected chi connectivity index (χ1v) is 6.36. The van der Waals surface area contributed by atoms with E-state index in [2.05, 4.69) is 4.74 Å². The summed E-state index contributed by atoms with van der Waals surface area (Å²) in [4.78, 5) is 10.9. The average molecular weight is 325 g/mol. The molecule has 1 fully saturated rings. The zero-order valence-corrected chi connectivity index (χ0v) is 11.5. The minimum Gasteiger partial charge on any atom is -0.460 e. The molecule has 0 aromatic heterocycles. The fourth-order valence-corrected chi connectivity index (χ4v) is 1.75. The monoisotopic (exact) mass is 324 g/mol. The van der Waals surface area contributed by atoms with Crippen molar-refractivity contribution in [2.24, 2.45) is 0 Å². The van der Waals surface area contributed by atoms with E-state index in [1.54, 1.807) is 0 Å². The Bertz CT molecular complexity index is 326. The zero-order chi connectivity index (χ0) is 14.7. The van der Waals surface area contributed by atoms with E-state index in [9.17, 15) is 18.0 Å². The molecule has 0 spiro atoms. The van der Waals surface area contributed by atoms with Gasteiger partial charge in [0.15, 0.2) is 0 Å². The molecule has 19 heavy (non-hydrogen) atoms. The minimum absolute atomic E-state index is 0.133. The van der Waals surface area contributed by atoms with Crippen LogP contribution < -0.4 is 0 Å². The maximum Gasteiger partial charge on any atom is 0.399 e. The van der Waals surface area contributed by atoms with Gasteiger partial charge in [-0.15, -0.1) is 23.2 Å². The molecular weight excluding hydrogens is 312 g/mol. The molecule has 9 heteroatoms. The van der Waals surface area contributed by atoms with Crippen molar-refractivity contribution in [3.63, 3.8) is 0 Å². The summed E-state index contributed by atoms with van der Waals surface area (Å²) in [7, 11) is 0. The Labute approximate surface area is 118 Å². The molecule has 3 unspecified atom stereocenters. The summed E-state index contributed by atoms with van der Waals surface area (Å²) in [5.74, 6) is -2.55. The van der Waals surface area contributed by atoms with Crippen molar-refractivity contribution in [1.82, 2.24) is 0 Å². The number of esters is 1. The Morgan fingerprint density at radius 1 is 1.58 bits per heavy atom. The molecule has 1 saturated heterocycles. The van der Waals surface area contributed by atoms with Gasteiger partial charge in [0.2, 0.25) is 5.79 Å². The molecule has 3 atom stereocenters. The first kappa shape index (κ1) is 16.8.